The van der Waals surface area contributed by atoms with Gasteiger partial charge in [-0.1, -0.05) is 0 Å². The first-order valence-corrected chi connectivity index (χ1v) is 6.39. The van der Waals surface area contributed by atoms with Gasteiger partial charge in [-0.2, -0.15) is 4.98 Å². The molecule has 0 radical (unpaired) electrons. The molecule has 0 N–H and O–H groups in total. The molecule has 2 fully saturated rings. The third-order valence-corrected chi connectivity index (χ3v) is 3.21. The molecular weight excluding hydrogens is 272 g/mol. The van der Waals surface area contributed by atoms with Gasteiger partial charge in [-0.3, -0.25) is 0 Å². The maximum Gasteiger partial charge on any atom is 0.218 e. The van der Waals surface area contributed by atoms with Gasteiger partial charge in [0.1, 0.15) is 16.5 Å². The van der Waals surface area contributed by atoms with Gasteiger partial charge in [0.2, 0.25) is 5.88 Å². The molecule has 0 amide bonds. The highest BCUT2D eigenvalue weighted by atomic mass is 79.9. The summed E-state index contributed by atoms with van der Waals surface area (Å²) in [5, 5.41) is 0. The van der Waals surface area contributed by atoms with Gasteiger partial charge < -0.3 is 9.47 Å². The van der Waals surface area contributed by atoms with E-state index in [4.69, 9.17) is 9.47 Å². The molecule has 1 aliphatic heterocycles. The van der Waals surface area contributed by atoms with E-state index in [0.29, 0.717) is 18.4 Å². The maximum absolute atomic E-state index is 5.77. The van der Waals surface area contributed by atoms with Crippen molar-refractivity contribution in [3.63, 3.8) is 0 Å². The van der Waals surface area contributed by atoms with Crippen LogP contribution in [0.15, 0.2) is 10.7 Å². The minimum Gasteiger partial charge on any atom is -0.472 e. The molecule has 1 unspecified atom stereocenters. The maximum atomic E-state index is 5.77. The van der Waals surface area contributed by atoms with Gasteiger partial charge in [0.25, 0.3) is 0 Å². The van der Waals surface area contributed by atoms with Crippen LogP contribution in [0.5, 0.6) is 5.88 Å². The lowest BCUT2D eigenvalue weighted by Gasteiger charge is -2.11. The molecule has 0 bridgehead atoms. The molecular formula is C11H13BrN2O2. The van der Waals surface area contributed by atoms with E-state index in [1.807, 2.05) is 6.07 Å². The van der Waals surface area contributed by atoms with Gasteiger partial charge in [0.15, 0.2) is 0 Å². The second kappa shape index (κ2) is 4.30. The molecule has 16 heavy (non-hydrogen) atoms. The fourth-order valence-electron chi connectivity index (χ4n) is 1.77. The molecule has 2 aliphatic rings. The third-order valence-electron chi connectivity index (χ3n) is 2.81. The molecule has 1 saturated carbocycles. The average molecular weight is 285 g/mol. The minimum atomic E-state index is 0.147. The number of hydrogen-bond acceptors (Lipinski definition) is 4. The smallest absolute Gasteiger partial charge is 0.218 e. The largest absolute Gasteiger partial charge is 0.472 e. The Hall–Kier alpha value is -0.680. The summed E-state index contributed by atoms with van der Waals surface area (Å²) in [6.45, 7) is 1.45. The molecule has 0 spiro atoms. The molecule has 5 heteroatoms. The van der Waals surface area contributed by atoms with Gasteiger partial charge >= 0.3 is 0 Å². The standard InChI is InChI=1S/C11H13BrN2O2/c12-9-5-10(16-8-3-4-15-6-8)14-11(13-9)7-1-2-7/h5,7-8H,1-4,6H2. The quantitative estimate of drug-likeness (QED) is 0.799. The Morgan fingerprint density at radius 3 is 2.88 bits per heavy atom. The van der Waals surface area contributed by atoms with E-state index in [1.165, 1.54) is 12.8 Å². The fraction of sp³-hybridized carbons (Fsp3) is 0.636. The van der Waals surface area contributed by atoms with Gasteiger partial charge in [-0.25, -0.2) is 4.98 Å². The molecule has 0 aromatic carbocycles. The van der Waals surface area contributed by atoms with Crippen LogP contribution < -0.4 is 4.74 Å². The van der Waals surface area contributed by atoms with Crippen LogP contribution in [0.3, 0.4) is 0 Å². The zero-order valence-electron chi connectivity index (χ0n) is 8.86. The summed E-state index contributed by atoms with van der Waals surface area (Å²) < 4.78 is 11.8. The average Bonchev–Trinajstić information content (AvgIpc) is 2.98. The first-order chi connectivity index (χ1) is 7.81. The van der Waals surface area contributed by atoms with Crippen LogP contribution in [0.1, 0.15) is 31.0 Å². The number of rotatable bonds is 3. The first kappa shape index (κ1) is 10.5. The van der Waals surface area contributed by atoms with Crippen molar-refractivity contribution < 1.29 is 9.47 Å². The van der Waals surface area contributed by atoms with Gasteiger partial charge in [-0.05, 0) is 28.8 Å². The highest BCUT2D eigenvalue weighted by molar-refractivity contribution is 9.10. The highest BCUT2D eigenvalue weighted by Gasteiger charge is 2.28. The Morgan fingerprint density at radius 1 is 1.31 bits per heavy atom. The fourth-order valence-corrected chi connectivity index (χ4v) is 2.15. The van der Waals surface area contributed by atoms with Gasteiger partial charge in [-0.15, -0.1) is 0 Å². The zero-order chi connectivity index (χ0) is 11.0. The van der Waals surface area contributed by atoms with Crippen LogP contribution in [0.25, 0.3) is 0 Å². The van der Waals surface area contributed by atoms with Gasteiger partial charge in [0, 0.05) is 18.4 Å². The van der Waals surface area contributed by atoms with Crippen LogP contribution in [-0.2, 0) is 4.74 Å². The summed E-state index contributed by atoms with van der Waals surface area (Å²) in [5.41, 5.74) is 0. The van der Waals surface area contributed by atoms with E-state index in [1.54, 1.807) is 0 Å². The summed E-state index contributed by atoms with van der Waals surface area (Å²) >= 11 is 3.40. The van der Waals surface area contributed by atoms with Crippen molar-refractivity contribution in [2.75, 3.05) is 13.2 Å². The van der Waals surface area contributed by atoms with E-state index < -0.39 is 0 Å². The highest BCUT2D eigenvalue weighted by Crippen LogP contribution is 2.39. The number of ether oxygens (including phenoxy) is 2. The minimum absolute atomic E-state index is 0.147. The van der Waals surface area contributed by atoms with Crippen molar-refractivity contribution in [1.82, 2.24) is 9.97 Å². The number of nitrogens with zero attached hydrogens (tertiary/aromatic N) is 2. The van der Waals surface area contributed by atoms with E-state index in [0.717, 1.165) is 23.5 Å². The van der Waals surface area contributed by atoms with Crippen molar-refractivity contribution >= 4 is 15.9 Å². The van der Waals surface area contributed by atoms with E-state index in [-0.39, 0.29) is 6.10 Å². The summed E-state index contributed by atoms with van der Waals surface area (Å²) in [5.74, 6) is 2.11. The van der Waals surface area contributed by atoms with Crippen LogP contribution >= 0.6 is 15.9 Å². The molecule has 3 rings (SSSR count). The van der Waals surface area contributed by atoms with Crippen LogP contribution in [0.2, 0.25) is 0 Å². The molecule has 1 atom stereocenters. The second-order valence-electron chi connectivity index (χ2n) is 4.26. The third kappa shape index (κ3) is 2.35. The lowest BCUT2D eigenvalue weighted by Crippen LogP contribution is -2.17. The number of halogens is 1. The van der Waals surface area contributed by atoms with Gasteiger partial charge in [0.05, 0.1) is 13.2 Å². The molecule has 1 saturated heterocycles. The van der Waals surface area contributed by atoms with E-state index >= 15 is 0 Å². The lowest BCUT2D eigenvalue weighted by atomic mass is 10.3. The summed E-state index contributed by atoms with van der Waals surface area (Å²) in [4.78, 5) is 8.80. The summed E-state index contributed by atoms with van der Waals surface area (Å²) in [7, 11) is 0. The predicted molar refractivity (Wildman–Crippen MR) is 61.6 cm³/mol. The molecule has 1 aromatic heterocycles. The molecule has 1 aromatic rings. The second-order valence-corrected chi connectivity index (χ2v) is 5.08. The van der Waals surface area contributed by atoms with Crippen molar-refractivity contribution in [2.24, 2.45) is 0 Å². The Kier molecular flexibility index (Phi) is 2.81. The monoisotopic (exact) mass is 284 g/mol. The van der Waals surface area contributed by atoms with Crippen molar-refractivity contribution in [3.8, 4) is 5.88 Å². The molecule has 4 nitrogen and oxygen atoms in total. The normalized spacial score (nSPS) is 24.7. The van der Waals surface area contributed by atoms with Crippen LogP contribution in [-0.4, -0.2) is 29.3 Å². The molecule has 1 aliphatic carbocycles. The Balaban J connectivity index is 1.76. The van der Waals surface area contributed by atoms with Crippen LogP contribution in [0.4, 0.5) is 0 Å². The Labute approximate surface area is 103 Å². The Morgan fingerprint density at radius 2 is 2.19 bits per heavy atom. The summed E-state index contributed by atoms with van der Waals surface area (Å²) in [6.07, 6.45) is 3.49. The number of hydrogen-bond donors (Lipinski definition) is 0. The summed E-state index contributed by atoms with van der Waals surface area (Å²) in [6, 6.07) is 1.82. The zero-order valence-corrected chi connectivity index (χ0v) is 10.4. The van der Waals surface area contributed by atoms with Crippen molar-refractivity contribution in [1.29, 1.82) is 0 Å². The predicted octanol–water partition coefficient (Wildman–Crippen LogP) is 2.28. The van der Waals surface area contributed by atoms with Crippen molar-refractivity contribution in [3.05, 3.63) is 16.5 Å². The van der Waals surface area contributed by atoms with E-state index in [2.05, 4.69) is 25.9 Å². The molecule has 2 heterocycles. The topological polar surface area (TPSA) is 44.2 Å². The molecule has 86 valence electrons. The lowest BCUT2D eigenvalue weighted by molar-refractivity contribution is 0.137. The van der Waals surface area contributed by atoms with Crippen LogP contribution in [0, 0.1) is 0 Å². The SMILES string of the molecule is Brc1cc(OC2CCOC2)nc(C2CC2)n1. The Bertz CT molecular complexity index is 390. The first-order valence-electron chi connectivity index (χ1n) is 5.60. The number of aromatic nitrogens is 2. The van der Waals surface area contributed by atoms with E-state index in [9.17, 15) is 0 Å². The van der Waals surface area contributed by atoms with Crippen molar-refractivity contribution in [2.45, 2.75) is 31.3 Å².